The van der Waals surface area contributed by atoms with Crippen LogP contribution in [0.5, 0.6) is 0 Å². The summed E-state index contributed by atoms with van der Waals surface area (Å²) in [6, 6.07) is 5.90. The van der Waals surface area contributed by atoms with Gasteiger partial charge in [0, 0.05) is 25.1 Å². The number of nitrogens with zero attached hydrogens (tertiary/aromatic N) is 1. The first-order chi connectivity index (χ1) is 13.0. The van der Waals surface area contributed by atoms with Gasteiger partial charge in [-0.15, -0.1) is 0 Å². The van der Waals surface area contributed by atoms with Crippen molar-refractivity contribution in [3.63, 3.8) is 0 Å². The second-order valence-corrected chi connectivity index (χ2v) is 6.79. The summed E-state index contributed by atoms with van der Waals surface area (Å²) in [4.78, 5) is 41.0. The quantitative estimate of drug-likeness (QED) is 0.815. The smallest absolute Gasteiger partial charge is 0.310 e. The van der Waals surface area contributed by atoms with Crippen LogP contribution in [-0.2, 0) is 20.7 Å². The molecule has 0 spiro atoms. The maximum absolute atomic E-state index is 13.3. The predicted molar refractivity (Wildman–Crippen MR) is 98.8 cm³/mol. The highest BCUT2D eigenvalue weighted by Crippen LogP contribution is 2.19. The summed E-state index contributed by atoms with van der Waals surface area (Å²) >= 11 is 0. The molecule has 1 aromatic carbocycles. The highest BCUT2D eigenvalue weighted by Gasteiger charge is 2.29. The van der Waals surface area contributed by atoms with Crippen LogP contribution in [0.4, 0.5) is 4.39 Å². The zero-order valence-electron chi connectivity index (χ0n) is 15.3. The molecule has 1 aliphatic heterocycles. The monoisotopic (exact) mass is 374 g/mol. The van der Waals surface area contributed by atoms with E-state index >= 15 is 0 Å². The number of carbonyl (C=O) groups excluding carboxylic acids is 2. The van der Waals surface area contributed by atoms with Crippen molar-refractivity contribution < 1.29 is 18.7 Å². The van der Waals surface area contributed by atoms with Crippen LogP contribution in [-0.4, -0.2) is 41.5 Å². The minimum atomic E-state index is -0.415. The number of piperidine rings is 1. The second kappa shape index (κ2) is 8.33. The number of fused-ring (bicyclic) bond motifs is 1. The van der Waals surface area contributed by atoms with Crippen molar-refractivity contribution in [2.24, 2.45) is 5.92 Å². The van der Waals surface area contributed by atoms with Crippen LogP contribution >= 0.6 is 0 Å². The number of nitrogens with one attached hydrogen (secondary N) is 1. The maximum atomic E-state index is 13.3. The zero-order valence-corrected chi connectivity index (χ0v) is 15.3. The molecule has 1 unspecified atom stereocenters. The fraction of sp³-hybridized carbons (Fsp3) is 0.450. The Kier molecular flexibility index (Phi) is 5.88. The van der Waals surface area contributed by atoms with Gasteiger partial charge in [-0.2, -0.15) is 0 Å². The van der Waals surface area contributed by atoms with E-state index in [0.717, 1.165) is 18.2 Å². The maximum Gasteiger partial charge on any atom is 0.310 e. The summed E-state index contributed by atoms with van der Waals surface area (Å²) in [5.41, 5.74) is 0.605. The number of amides is 1. The first-order valence-electron chi connectivity index (χ1n) is 9.23. The van der Waals surface area contributed by atoms with E-state index in [1.54, 1.807) is 24.0 Å². The standard InChI is InChI=1S/C20H23FN2O4/c1-2-27-20(26)15-4-3-9-23(12-15)18(24)8-6-14-10-13-5-7-16(21)11-17(13)22-19(14)25/h5,7,10-11,15H,2-4,6,8-9,12H2,1H3,(H,22,25). The fourth-order valence-electron chi connectivity index (χ4n) is 3.46. The third-order valence-electron chi connectivity index (χ3n) is 4.89. The normalized spacial score (nSPS) is 17.1. The molecule has 1 N–H and O–H groups in total. The molecule has 144 valence electrons. The van der Waals surface area contributed by atoms with Gasteiger partial charge in [-0.1, -0.05) is 0 Å². The molecular formula is C20H23FN2O4. The average molecular weight is 374 g/mol. The number of aromatic amines is 1. The molecule has 1 saturated heterocycles. The molecule has 2 heterocycles. The van der Waals surface area contributed by atoms with Gasteiger partial charge in [-0.3, -0.25) is 14.4 Å². The third kappa shape index (κ3) is 4.53. The van der Waals surface area contributed by atoms with Crippen molar-refractivity contribution in [2.75, 3.05) is 19.7 Å². The van der Waals surface area contributed by atoms with Crippen LogP contribution in [0.25, 0.3) is 10.9 Å². The lowest BCUT2D eigenvalue weighted by Crippen LogP contribution is -2.43. The van der Waals surface area contributed by atoms with E-state index in [1.165, 1.54) is 12.1 Å². The molecular weight excluding hydrogens is 351 g/mol. The number of ether oxygens (including phenoxy) is 1. The predicted octanol–water partition coefficient (Wildman–Crippen LogP) is 2.40. The average Bonchev–Trinajstić information content (AvgIpc) is 2.66. The summed E-state index contributed by atoms with van der Waals surface area (Å²) in [6.45, 7) is 3.07. The number of aromatic nitrogens is 1. The van der Waals surface area contributed by atoms with Gasteiger partial charge >= 0.3 is 5.97 Å². The SMILES string of the molecule is CCOC(=O)C1CCCN(C(=O)CCc2cc3ccc(F)cc3[nH]c2=O)C1. The first kappa shape index (κ1) is 19.1. The van der Waals surface area contributed by atoms with Crippen LogP contribution in [0.2, 0.25) is 0 Å². The van der Waals surface area contributed by atoms with E-state index in [9.17, 15) is 18.8 Å². The summed E-state index contributed by atoms with van der Waals surface area (Å²) in [6.07, 6.45) is 1.97. The van der Waals surface area contributed by atoms with Crippen LogP contribution in [0.1, 0.15) is 31.7 Å². The van der Waals surface area contributed by atoms with Gasteiger partial charge in [0.05, 0.1) is 18.0 Å². The van der Waals surface area contributed by atoms with Gasteiger partial charge in [0.15, 0.2) is 0 Å². The zero-order chi connectivity index (χ0) is 19.4. The topological polar surface area (TPSA) is 79.5 Å². The van der Waals surface area contributed by atoms with Crippen LogP contribution < -0.4 is 5.56 Å². The fourth-order valence-corrected chi connectivity index (χ4v) is 3.46. The summed E-state index contributed by atoms with van der Waals surface area (Å²) < 4.78 is 18.3. The molecule has 0 bridgehead atoms. The van der Waals surface area contributed by atoms with Gasteiger partial charge < -0.3 is 14.6 Å². The number of esters is 1. The number of halogens is 1. The van der Waals surface area contributed by atoms with Gasteiger partial charge in [-0.05, 0) is 55.8 Å². The molecule has 0 radical (unpaired) electrons. The minimum Gasteiger partial charge on any atom is -0.466 e. The Bertz CT molecular complexity index is 908. The van der Waals surface area contributed by atoms with E-state index in [0.29, 0.717) is 37.2 Å². The summed E-state index contributed by atoms with van der Waals surface area (Å²) in [5, 5.41) is 0.721. The molecule has 27 heavy (non-hydrogen) atoms. The molecule has 1 aliphatic rings. The van der Waals surface area contributed by atoms with E-state index in [1.807, 2.05) is 0 Å². The lowest BCUT2D eigenvalue weighted by molar-refractivity contribution is -0.151. The molecule has 0 saturated carbocycles. The Balaban J connectivity index is 1.64. The van der Waals surface area contributed by atoms with Crippen molar-refractivity contribution in [1.29, 1.82) is 0 Å². The summed E-state index contributed by atoms with van der Waals surface area (Å²) in [5.74, 6) is -1.03. The van der Waals surface area contributed by atoms with E-state index in [4.69, 9.17) is 4.74 Å². The molecule has 1 atom stereocenters. The number of rotatable bonds is 5. The van der Waals surface area contributed by atoms with Gasteiger partial charge in [-0.25, -0.2) is 4.39 Å². The Labute approximate surface area is 156 Å². The number of aryl methyl sites for hydroxylation is 1. The first-order valence-corrected chi connectivity index (χ1v) is 9.23. The number of pyridine rings is 1. The Morgan fingerprint density at radius 1 is 1.33 bits per heavy atom. The van der Waals surface area contributed by atoms with Crippen LogP contribution in [0, 0.1) is 11.7 Å². The Morgan fingerprint density at radius 3 is 2.93 bits per heavy atom. The molecule has 6 nitrogen and oxygen atoms in total. The second-order valence-electron chi connectivity index (χ2n) is 6.79. The number of likely N-dealkylation sites (tertiary alicyclic amines) is 1. The Morgan fingerprint density at radius 2 is 2.15 bits per heavy atom. The molecule has 2 aromatic rings. The molecule has 1 aromatic heterocycles. The van der Waals surface area contributed by atoms with Crippen LogP contribution in [0.3, 0.4) is 0 Å². The number of hydrogen-bond acceptors (Lipinski definition) is 4. The molecule has 3 rings (SSSR count). The number of carbonyl (C=O) groups is 2. The molecule has 1 fully saturated rings. The lowest BCUT2D eigenvalue weighted by Gasteiger charge is -2.31. The van der Waals surface area contributed by atoms with E-state index < -0.39 is 5.82 Å². The molecule has 0 aliphatic carbocycles. The third-order valence-corrected chi connectivity index (χ3v) is 4.89. The van der Waals surface area contributed by atoms with Crippen molar-refractivity contribution in [3.8, 4) is 0 Å². The number of benzene rings is 1. The highest BCUT2D eigenvalue weighted by atomic mass is 19.1. The van der Waals surface area contributed by atoms with Crippen LogP contribution in [0.15, 0.2) is 29.1 Å². The molecule has 1 amide bonds. The Hall–Kier alpha value is -2.70. The van der Waals surface area contributed by atoms with Crippen molar-refractivity contribution in [3.05, 3.63) is 46.0 Å². The number of hydrogen-bond donors (Lipinski definition) is 1. The van der Waals surface area contributed by atoms with Crippen molar-refractivity contribution in [2.45, 2.75) is 32.6 Å². The summed E-state index contributed by atoms with van der Waals surface area (Å²) in [7, 11) is 0. The largest absolute Gasteiger partial charge is 0.466 e. The number of H-pyrrole nitrogens is 1. The lowest BCUT2D eigenvalue weighted by atomic mass is 9.97. The van der Waals surface area contributed by atoms with Gasteiger partial charge in [0.1, 0.15) is 5.82 Å². The molecule has 7 heteroatoms. The highest BCUT2D eigenvalue weighted by molar-refractivity contribution is 5.80. The van der Waals surface area contributed by atoms with E-state index in [-0.39, 0.29) is 29.8 Å². The van der Waals surface area contributed by atoms with Crippen molar-refractivity contribution in [1.82, 2.24) is 9.88 Å². The van der Waals surface area contributed by atoms with E-state index in [2.05, 4.69) is 4.98 Å². The van der Waals surface area contributed by atoms with Gasteiger partial charge in [0.2, 0.25) is 5.91 Å². The van der Waals surface area contributed by atoms with Gasteiger partial charge in [0.25, 0.3) is 5.56 Å². The van der Waals surface area contributed by atoms with Crippen molar-refractivity contribution >= 4 is 22.8 Å². The minimum absolute atomic E-state index is 0.0809.